The molecule has 0 spiro atoms. The molecule has 0 saturated heterocycles. The number of nitrogens with one attached hydrogen (secondary N) is 2. The Balaban J connectivity index is 1.76. The molecule has 0 radical (unpaired) electrons. The number of hydrogen-bond acceptors (Lipinski definition) is 3. The van der Waals surface area contributed by atoms with Gasteiger partial charge in [0.05, 0.1) is 6.54 Å². The Bertz CT molecular complexity index is 341. The third kappa shape index (κ3) is 3.76. The summed E-state index contributed by atoms with van der Waals surface area (Å²) in [5.74, 6) is 0.847. The first-order chi connectivity index (χ1) is 8.38. The van der Waals surface area contributed by atoms with Gasteiger partial charge in [0.1, 0.15) is 12.0 Å². The fraction of sp³-hybridized carbons (Fsp3) is 0.667. The number of nitrogens with zero attached hydrogens (tertiary/aromatic N) is 2. The lowest BCUT2D eigenvalue weighted by atomic mass is 9.96. The van der Waals surface area contributed by atoms with Gasteiger partial charge in [-0.05, 0) is 12.8 Å². The highest BCUT2D eigenvalue weighted by molar-refractivity contribution is 5.79. The summed E-state index contributed by atoms with van der Waals surface area (Å²) >= 11 is 0. The van der Waals surface area contributed by atoms with Crippen LogP contribution in [0.15, 0.2) is 21.8 Å². The van der Waals surface area contributed by atoms with E-state index < -0.39 is 0 Å². The van der Waals surface area contributed by atoms with E-state index in [2.05, 4.69) is 20.8 Å². The highest BCUT2D eigenvalue weighted by atomic mass is 16.5. The number of guanidine groups is 1. The van der Waals surface area contributed by atoms with Crippen LogP contribution in [-0.4, -0.2) is 24.2 Å². The molecule has 5 heteroatoms. The van der Waals surface area contributed by atoms with E-state index in [4.69, 9.17) is 4.52 Å². The van der Waals surface area contributed by atoms with Gasteiger partial charge in [-0.2, -0.15) is 0 Å². The number of aliphatic imine (C=N–C) groups is 1. The smallest absolute Gasteiger partial charge is 0.191 e. The molecular formula is C12H20N4O. The molecule has 94 valence electrons. The first kappa shape index (κ1) is 12.0. The molecule has 0 bridgehead atoms. The van der Waals surface area contributed by atoms with E-state index in [0.717, 1.165) is 11.7 Å². The Morgan fingerprint density at radius 3 is 2.94 bits per heavy atom. The van der Waals surface area contributed by atoms with E-state index in [1.165, 1.54) is 32.1 Å². The first-order valence-corrected chi connectivity index (χ1v) is 6.25. The minimum atomic E-state index is 0.562. The number of hydrogen-bond donors (Lipinski definition) is 2. The molecule has 2 N–H and O–H groups in total. The average molecular weight is 236 g/mol. The van der Waals surface area contributed by atoms with Gasteiger partial charge in [0, 0.05) is 19.2 Å². The summed E-state index contributed by atoms with van der Waals surface area (Å²) in [5, 5.41) is 10.5. The van der Waals surface area contributed by atoms with Gasteiger partial charge < -0.3 is 15.2 Å². The molecular weight excluding hydrogens is 216 g/mol. The normalized spacial score (nSPS) is 18.1. The van der Waals surface area contributed by atoms with Crippen LogP contribution in [0.2, 0.25) is 0 Å². The van der Waals surface area contributed by atoms with Crippen molar-refractivity contribution < 1.29 is 4.52 Å². The Labute approximate surface area is 102 Å². The topological polar surface area (TPSA) is 62.5 Å². The summed E-state index contributed by atoms with van der Waals surface area (Å²) in [6.45, 7) is 0.642. The van der Waals surface area contributed by atoms with Crippen LogP contribution < -0.4 is 10.6 Å². The van der Waals surface area contributed by atoms with Crippen LogP contribution in [-0.2, 0) is 6.54 Å². The van der Waals surface area contributed by atoms with Gasteiger partial charge in [0.25, 0.3) is 0 Å². The van der Waals surface area contributed by atoms with Crippen molar-refractivity contribution in [2.75, 3.05) is 7.05 Å². The fourth-order valence-corrected chi connectivity index (χ4v) is 2.14. The van der Waals surface area contributed by atoms with Crippen molar-refractivity contribution in [2.45, 2.75) is 44.7 Å². The molecule has 1 aromatic heterocycles. The summed E-state index contributed by atoms with van der Waals surface area (Å²) in [7, 11) is 1.79. The van der Waals surface area contributed by atoms with E-state index >= 15 is 0 Å². The van der Waals surface area contributed by atoms with Gasteiger partial charge in [-0.3, -0.25) is 4.99 Å². The summed E-state index contributed by atoms with van der Waals surface area (Å²) in [5.41, 5.74) is 0.886. The Hall–Kier alpha value is -1.52. The number of aromatic nitrogens is 1. The second-order valence-electron chi connectivity index (χ2n) is 4.40. The zero-order chi connectivity index (χ0) is 11.9. The Kier molecular flexibility index (Phi) is 4.41. The summed E-state index contributed by atoms with van der Waals surface area (Å²) in [4.78, 5) is 4.22. The van der Waals surface area contributed by atoms with Crippen LogP contribution in [0.5, 0.6) is 0 Å². The molecule has 0 aliphatic heterocycles. The van der Waals surface area contributed by atoms with Gasteiger partial charge in [-0.1, -0.05) is 24.4 Å². The maximum atomic E-state index is 4.78. The molecule has 1 aliphatic carbocycles. The minimum absolute atomic E-state index is 0.562. The summed E-state index contributed by atoms with van der Waals surface area (Å²) in [6, 6.07) is 2.41. The summed E-state index contributed by atoms with van der Waals surface area (Å²) in [6.07, 6.45) is 8.06. The Morgan fingerprint density at radius 2 is 2.29 bits per heavy atom. The quantitative estimate of drug-likeness (QED) is 0.619. The highest BCUT2D eigenvalue weighted by Gasteiger charge is 2.14. The molecule has 1 heterocycles. The zero-order valence-corrected chi connectivity index (χ0v) is 10.3. The predicted octanol–water partition coefficient (Wildman–Crippen LogP) is 1.67. The van der Waals surface area contributed by atoms with E-state index in [0.29, 0.717) is 12.6 Å². The largest absolute Gasteiger partial charge is 0.364 e. The summed E-state index contributed by atoms with van der Waals surface area (Å²) < 4.78 is 4.78. The van der Waals surface area contributed by atoms with Crippen molar-refractivity contribution in [1.82, 2.24) is 15.8 Å². The molecule has 1 aliphatic rings. The predicted molar refractivity (Wildman–Crippen MR) is 66.7 cm³/mol. The SMILES string of the molecule is CN=C(NCc1ccon1)NC1CCCCC1. The molecule has 5 nitrogen and oxygen atoms in total. The second kappa shape index (κ2) is 6.27. The van der Waals surface area contributed by atoms with Gasteiger partial charge in [0.15, 0.2) is 5.96 Å². The van der Waals surface area contributed by atoms with Crippen molar-refractivity contribution in [3.8, 4) is 0 Å². The Morgan fingerprint density at radius 1 is 1.47 bits per heavy atom. The third-order valence-corrected chi connectivity index (χ3v) is 3.10. The van der Waals surface area contributed by atoms with Crippen LogP contribution in [0.25, 0.3) is 0 Å². The van der Waals surface area contributed by atoms with Crippen molar-refractivity contribution in [3.63, 3.8) is 0 Å². The maximum absolute atomic E-state index is 4.78. The van der Waals surface area contributed by atoms with Gasteiger partial charge in [0.2, 0.25) is 0 Å². The zero-order valence-electron chi connectivity index (χ0n) is 10.3. The molecule has 0 amide bonds. The lowest BCUT2D eigenvalue weighted by Gasteiger charge is -2.24. The maximum Gasteiger partial charge on any atom is 0.191 e. The van der Waals surface area contributed by atoms with Crippen molar-refractivity contribution in [2.24, 2.45) is 4.99 Å². The number of rotatable bonds is 3. The van der Waals surface area contributed by atoms with Crippen LogP contribution in [0.1, 0.15) is 37.8 Å². The van der Waals surface area contributed by atoms with Crippen LogP contribution in [0.4, 0.5) is 0 Å². The molecule has 0 aromatic carbocycles. The van der Waals surface area contributed by atoms with Gasteiger partial charge >= 0.3 is 0 Å². The molecule has 1 fully saturated rings. The minimum Gasteiger partial charge on any atom is -0.364 e. The van der Waals surface area contributed by atoms with Crippen LogP contribution in [0, 0.1) is 0 Å². The fourth-order valence-electron chi connectivity index (χ4n) is 2.14. The first-order valence-electron chi connectivity index (χ1n) is 6.25. The molecule has 1 aromatic rings. The standard InChI is InChI=1S/C12H20N4O/c1-13-12(14-9-11-7-8-17-16-11)15-10-5-3-2-4-6-10/h7-8,10H,2-6,9H2,1H3,(H2,13,14,15). The van der Waals surface area contributed by atoms with Crippen LogP contribution in [0.3, 0.4) is 0 Å². The average Bonchev–Trinajstić information content (AvgIpc) is 2.89. The molecule has 2 rings (SSSR count). The van der Waals surface area contributed by atoms with Crippen molar-refractivity contribution in [3.05, 3.63) is 18.0 Å². The van der Waals surface area contributed by atoms with Gasteiger partial charge in [-0.25, -0.2) is 0 Å². The monoisotopic (exact) mass is 236 g/mol. The lowest BCUT2D eigenvalue weighted by Crippen LogP contribution is -2.43. The van der Waals surface area contributed by atoms with E-state index in [-0.39, 0.29) is 0 Å². The van der Waals surface area contributed by atoms with Gasteiger partial charge in [-0.15, -0.1) is 0 Å². The van der Waals surface area contributed by atoms with E-state index in [9.17, 15) is 0 Å². The van der Waals surface area contributed by atoms with Crippen LogP contribution >= 0.6 is 0 Å². The molecule has 0 unspecified atom stereocenters. The molecule has 1 saturated carbocycles. The van der Waals surface area contributed by atoms with E-state index in [1.807, 2.05) is 6.07 Å². The lowest BCUT2D eigenvalue weighted by molar-refractivity contribution is 0.405. The van der Waals surface area contributed by atoms with Crippen molar-refractivity contribution in [1.29, 1.82) is 0 Å². The highest BCUT2D eigenvalue weighted by Crippen LogP contribution is 2.17. The molecule has 0 atom stereocenters. The third-order valence-electron chi connectivity index (χ3n) is 3.10. The van der Waals surface area contributed by atoms with Crippen molar-refractivity contribution >= 4 is 5.96 Å². The molecule has 17 heavy (non-hydrogen) atoms. The van der Waals surface area contributed by atoms with E-state index in [1.54, 1.807) is 13.3 Å². The second-order valence-corrected chi connectivity index (χ2v) is 4.40.